The Balaban J connectivity index is 1.52. The molecule has 1 N–H and O–H groups in total. The lowest BCUT2D eigenvalue weighted by molar-refractivity contribution is -0.134. The van der Waals surface area contributed by atoms with Crippen LogP contribution in [0.4, 0.5) is 0 Å². The van der Waals surface area contributed by atoms with Crippen LogP contribution >= 0.6 is 11.3 Å². The molecule has 0 fully saturated rings. The maximum atomic E-state index is 12.4. The minimum atomic E-state index is -0.256. The SMILES string of the molecule is C[C@H]1c2ccsc2CCN1C(=O)CNC(=O)/C=C/c1ccccc1. The van der Waals surface area contributed by atoms with Crippen molar-refractivity contribution in [2.75, 3.05) is 13.1 Å². The Morgan fingerprint density at radius 3 is 2.88 bits per heavy atom. The van der Waals surface area contributed by atoms with E-state index in [2.05, 4.69) is 16.8 Å². The highest BCUT2D eigenvalue weighted by Gasteiger charge is 2.28. The van der Waals surface area contributed by atoms with Crippen LogP contribution in [0.3, 0.4) is 0 Å². The molecule has 1 aromatic heterocycles. The van der Waals surface area contributed by atoms with Crippen LogP contribution in [0.1, 0.15) is 29.0 Å². The van der Waals surface area contributed by atoms with Gasteiger partial charge in [0, 0.05) is 17.5 Å². The number of hydrogen-bond acceptors (Lipinski definition) is 3. The van der Waals surface area contributed by atoms with Gasteiger partial charge in [-0.15, -0.1) is 11.3 Å². The Morgan fingerprint density at radius 1 is 1.29 bits per heavy atom. The Labute approximate surface area is 145 Å². The normalized spacial score (nSPS) is 16.9. The molecule has 1 aliphatic heterocycles. The number of benzene rings is 1. The summed E-state index contributed by atoms with van der Waals surface area (Å²) < 4.78 is 0. The Bertz CT molecular complexity index is 752. The van der Waals surface area contributed by atoms with Gasteiger partial charge in [0.2, 0.25) is 11.8 Å². The van der Waals surface area contributed by atoms with E-state index in [-0.39, 0.29) is 24.4 Å². The second-order valence-corrected chi connectivity index (χ2v) is 6.77. The molecule has 0 unspecified atom stereocenters. The van der Waals surface area contributed by atoms with E-state index in [9.17, 15) is 9.59 Å². The number of fused-ring (bicyclic) bond motifs is 1. The van der Waals surface area contributed by atoms with Crippen molar-refractivity contribution in [2.24, 2.45) is 0 Å². The second-order valence-electron chi connectivity index (χ2n) is 5.77. The largest absolute Gasteiger partial charge is 0.343 e. The van der Waals surface area contributed by atoms with Crippen LogP contribution < -0.4 is 5.32 Å². The van der Waals surface area contributed by atoms with E-state index in [1.165, 1.54) is 16.5 Å². The first-order valence-corrected chi connectivity index (χ1v) is 8.90. The molecular weight excluding hydrogens is 320 g/mol. The zero-order valence-electron chi connectivity index (χ0n) is 13.6. The fourth-order valence-electron chi connectivity index (χ4n) is 2.91. The highest BCUT2D eigenvalue weighted by Crippen LogP contribution is 2.32. The van der Waals surface area contributed by atoms with Gasteiger partial charge in [0.25, 0.3) is 0 Å². The van der Waals surface area contributed by atoms with E-state index in [0.29, 0.717) is 6.54 Å². The number of nitrogens with one attached hydrogen (secondary N) is 1. The van der Waals surface area contributed by atoms with Crippen LogP contribution in [0.25, 0.3) is 6.08 Å². The van der Waals surface area contributed by atoms with E-state index >= 15 is 0 Å². The molecule has 0 aliphatic carbocycles. The van der Waals surface area contributed by atoms with Crippen LogP contribution in [-0.4, -0.2) is 29.8 Å². The summed E-state index contributed by atoms with van der Waals surface area (Å²) in [6, 6.07) is 11.8. The van der Waals surface area contributed by atoms with Gasteiger partial charge in [-0.1, -0.05) is 30.3 Å². The first-order valence-electron chi connectivity index (χ1n) is 8.02. The first kappa shape index (κ1) is 16.5. The van der Waals surface area contributed by atoms with Crippen molar-refractivity contribution >= 4 is 29.2 Å². The van der Waals surface area contributed by atoms with Gasteiger partial charge in [-0.2, -0.15) is 0 Å². The predicted octanol–water partition coefficient (Wildman–Crippen LogP) is 3.02. The van der Waals surface area contributed by atoms with Crippen LogP contribution in [0.15, 0.2) is 47.9 Å². The molecule has 0 spiro atoms. The maximum Gasteiger partial charge on any atom is 0.244 e. The van der Waals surface area contributed by atoms with E-state index < -0.39 is 0 Å². The molecule has 0 saturated carbocycles. The molecule has 1 atom stereocenters. The zero-order valence-corrected chi connectivity index (χ0v) is 14.4. The monoisotopic (exact) mass is 340 g/mol. The van der Waals surface area contributed by atoms with Crippen molar-refractivity contribution in [1.29, 1.82) is 0 Å². The lowest BCUT2D eigenvalue weighted by Gasteiger charge is -2.33. The lowest BCUT2D eigenvalue weighted by Crippen LogP contribution is -2.43. The van der Waals surface area contributed by atoms with Crippen LogP contribution in [0.2, 0.25) is 0 Å². The minimum Gasteiger partial charge on any atom is -0.343 e. The average molecular weight is 340 g/mol. The highest BCUT2D eigenvalue weighted by molar-refractivity contribution is 7.10. The Morgan fingerprint density at radius 2 is 2.08 bits per heavy atom. The summed E-state index contributed by atoms with van der Waals surface area (Å²) >= 11 is 1.75. The quantitative estimate of drug-likeness (QED) is 0.870. The summed E-state index contributed by atoms with van der Waals surface area (Å²) in [5, 5.41) is 4.75. The van der Waals surface area contributed by atoms with Gasteiger partial charge in [-0.05, 0) is 42.0 Å². The molecule has 5 heteroatoms. The van der Waals surface area contributed by atoms with Gasteiger partial charge in [0.1, 0.15) is 0 Å². The molecule has 24 heavy (non-hydrogen) atoms. The summed E-state index contributed by atoms with van der Waals surface area (Å²) in [5.41, 5.74) is 2.18. The molecule has 0 bridgehead atoms. The maximum absolute atomic E-state index is 12.4. The average Bonchev–Trinajstić information content (AvgIpc) is 3.09. The molecule has 2 heterocycles. The standard InChI is InChI=1S/C19H20N2O2S/c1-14-16-10-12-24-17(16)9-11-21(14)19(23)13-20-18(22)8-7-15-5-3-2-4-6-15/h2-8,10,12,14H,9,11,13H2,1H3,(H,20,22)/b8-7+/t14-/m0/s1. The van der Waals surface area contributed by atoms with Crippen molar-refractivity contribution in [3.8, 4) is 0 Å². The third kappa shape index (κ3) is 3.74. The topological polar surface area (TPSA) is 49.4 Å². The van der Waals surface area contributed by atoms with Crippen molar-refractivity contribution in [3.63, 3.8) is 0 Å². The zero-order chi connectivity index (χ0) is 16.9. The molecular formula is C19H20N2O2S. The van der Waals surface area contributed by atoms with Crippen molar-refractivity contribution in [1.82, 2.24) is 10.2 Å². The number of hydrogen-bond donors (Lipinski definition) is 1. The van der Waals surface area contributed by atoms with E-state index in [1.54, 1.807) is 17.4 Å². The summed E-state index contributed by atoms with van der Waals surface area (Å²) in [6.45, 7) is 2.78. The minimum absolute atomic E-state index is 0.0295. The van der Waals surface area contributed by atoms with Crippen molar-refractivity contribution < 1.29 is 9.59 Å². The molecule has 4 nitrogen and oxygen atoms in total. The molecule has 2 aromatic rings. The van der Waals surface area contributed by atoms with E-state index in [0.717, 1.165) is 12.0 Å². The molecule has 2 amide bonds. The van der Waals surface area contributed by atoms with Gasteiger partial charge in [0.15, 0.2) is 0 Å². The van der Waals surface area contributed by atoms with Crippen LogP contribution in [0.5, 0.6) is 0 Å². The number of carbonyl (C=O) groups excluding carboxylic acids is 2. The van der Waals surface area contributed by atoms with Crippen molar-refractivity contribution in [3.05, 3.63) is 63.9 Å². The van der Waals surface area contributed by atoms with Crippen molar-refractivity contribution in [2.45, 2.75) is 19.4 Å². The van der Waals surface area contributed by atoms with E-state index in [1.807, 2.05) is 42.2 Å². The highest BCUT2D eigenvalue weighted by atomic mass is 32.1. The Kier molecular flexibility index (Phi) is 5.11. The molecule has 0 saturated heterocycles. The fraction of sp³-hybridized carbons (Fsp3) is 0.263. The molecule has 0 radical (unpaired) electrons. The number of nitrogens with zero attached hydrogens (tertiary/aromatic N) is 1. The summed E-state index contributed by atoms with van der Waals surface area (Å²) in [5.74, 6) is -0.297. The smallest absolute Gasteiger partial charge is 0.244 e. The molecule has 1 aliphatic rings. The second kappa shape index (κ2) is 7.45. The summed E-state index contributed by atoms with van der Waals surface area (Å²) in [4.78, 5) is 27.5. The number of amides is 2. The van der Waals surface area contributed by atoms with Crippen LogP contribution in [-0.2, 0) is 16.0 Å². The third-order valence-electron chi connectivity index (χ3n) is 4.24. The summed E-state index contributed by atoms with van der Waals surface area (Å²) in [6.07, 6.45) is 4.09. The molecule has 3 rings (SSSR count). The van der Waals surface area contributed by atoms with E-state index in [4.69, 9.17) is 0 Å². The van der Waals surface area contributed by atoms with Gasteiger partial charge >= 0.3 is 0 Å². The number of thiophene rings is 1. The van der Waals surface area contributed by atoms with Gasteiger partial charge in [0.05, 0.1) is 12.6 Å². The predicted molar refractivity (Wildman–Crippen MR) is 96.6 cm³/mol. The number of rotatable bonds is 4. The molecule has 124 valence electrons. The molecule has 1 aromatic carbocycles. The Hall–Kier alpha value is -2.40. The van der Waals surface area contributed by atoms with Crippen LogP contribution in [0, 0.1) is 0 Å². The van der Waals surface area contributed by atoms with Gasteiger partial charge in [-0.3, -0.25) is 9.59 Å². The lowest BCUT2D eigenvalue weighted by atomic mass is 10.0. The fourth-order valence-corrected chi connectivity index (χ4v) is 3.87. The third-order valence-corrected chi connectivity index (χ3v) is 5.23. The number of carbonyl (C=O) groups is 2. The van der Waals surface area contributed by atoms with Gasteiger partial charge in [-0.25, -0.2) is 0 Å². The summed E-state index contributed by atoms with van der Waals surface area (Å²) in [7, 11) is 0. The van der Waals surface area contributed by atoms with Gasteiger partial charge < -0.3 is 10.2 Å². The first-order chi connectivity index (χ1) is 11.6.